The van der Waals surface area contributed by atoms with E-state index < -0.39 is 5.91 Å². The fourth-order valence-corrected chi connectivity index (χ4v) is 3.71. The summed E-state index contributed by atoms with van der Waals surface area (Å²) in [5.74, 6) is -0.736. The highest BCUT2D eigenvalue weighted by molar-refractivity contribution is 6.05. The number of azo groups is 1. The van der Waals surface area contributed by atoms with Crippen LogP contribution < -0.4 is 5.56 Å². The Morgan fingerprint density at radius 3 is 2.52 bits per heavy atom. The highest BCUT2D eigenvalue weighted by Gasteiger charge is 2.20. The normalized spacial score (nSPS) is 11.9. The lowest BCUT2D eigenvalue weighted by Gasteiger charge is -2.11. The standard InChI is InChI=1S/C23H23N5O3/c1-5-27-18-11-10-14(4)12-17(18)20(23(27)31)24-25-21(29)19-15-8-6-7-9-16(15)22(30)28(26-19)13(2)3/h6-13,31H,5H2,1-4H3. The number of hydrogen-bond donors (Lipinski definition) is 1. The summed E-state index contributed by atoms with van der Waals surface area (Å²) in [7, 11) is 0. The van der Waals surface area contributed by atoms with Gasteiger partial charge in [-0.2, -0.15) is 5.10 Å². The van der Waals surface area contributed by atoms with Crippen molar-refractivity contribution in [2.75, 3.05) is 0 Å². The van der Waals surface area contributed by atoms with Gasteiger partial charge in [0.1, 0.15) is 0 Å². The third-order valence-electron chi connectivity index (χ3n) is 5.24. The molecule has 0 spiro atoms. The Labute approximate surface area is 178 Å². The third-order valence-corrected chi connectivity index (χ3v) is 5.24. The molecule has 1 N–H and O–H groups in total. The minimum absolute atomic E-state index is 0.0440. The Hall–Kier alpha value is -3.81. The monoisotopic (exact) mass is 417 g/mol. The molecule has 0 aliphatic heterocycles. The summed E-state index contributed by atoms with van der Waals surface area (Å²) in [5, 5.41) is 24.4. The number of benzene rings is 2. The van der Waals surface area contributed by atoms with Crippen molar-refractivity contribution in [2.24, 2.45) is 10.2 Å². The quantitative estimate of drug-likeness (QED) is 0.478. The molecule has 0 aliphatic rings. The molecule has 8 nitrogen and oxygen atoms in total. The summed E-state index contributed by atoms with van der Waals surface area (Å²) in [6.07, 6.45) is 0. The zero-order chi connectivity index (χ0) is 22.3. The largest absolute Gasteiger partial charge is 0.493 e. The second kappa shape index (κ2) is 7.79. The van der Waals surface area contributed by atoms with Crippen LogP contribution in [-0.2, 0) is 6.54 Å². The molecule has 1 amide bonds. The van der Waals surface area contributed by atoms with Crippen LogP contribution in [-0.4, -0.2) is 25.4 Å². The molecule has 0 radical (unpaired) electrons. The van der Waals surface area contributed by atoms with Crippen molar-refractivity contribution in [3.8, 4) is 5.88 Å². The highest BCUT2D eigenvalue weighted by Crippen LogP contribution is 2.39. The number of hydrogen-bond acceptors (Lipinski definition) is 5. The van der Waals surface area contributed by atoms with E-state index in [0.29, 0.717) is 22.7 Å². The number of rotatable bonds is 4. The predicted octanol–water partition coefficient (Wildman–Crippen LogP) is 4.89. The van der Waals surface area contributed by atoms with Crippen LogP contribution in [0, 0.1) is 6.92 Å². The summed E-state index contributed by atoms with van der Waals surface area (Å²) in [6, 6.07) is 12.3. The highest BCUT2D eigenvalue weighted by atomic mass is 16.3. The fourth-order valence-electron chi connectivity index (χ4n) is 3.71. The van der Waals surface area contributed by atoms with Crippen LogP contribution in [0.25, 0.3) is 21.7 Å². The predicted molar refractivity (Wildman–Crippen MR) is 119 cm³/mol. The van der Waals surface area contributed by atoms with Crippen molar-refractivity contribution in [3.63, 3.8) is 0 Å². The fraction of sp³-hybridized carbons (Fsp3) is 0.261. The molecule has 0 saturated heterocycles. The molecule has 0 aliphatic carbocycles. The van der Waals surface area contributed by atoms with E-state index in [4.69, 9.17) is 0 Å². The molecule has 31 heavy (non-hydrogen) atoms. The Morgan fingerprint density at radius 1 is 1.13 bits per heavy atom. The average Bonchev–Trinajstić information content (AvgIpc) is 3.01. The summed E-state index contributed by atoms with van der Waals surface area (Å²) < 4.78 is 2.98. The van der Waals surface area contributed by atoms with E-state index in [1.54, 1.807) is 28.8 Å². The van der Waals surface area contributed by atoms with Crippen molar-refractivity contribution in [1.82, 2.24) is 14.3 Å². The lowest BCUT2D eigenvalue weighted by atomic mass is 10.1. The molecule has 0 unspecified atom stereocenters. The molecule has 158 valence electrons. The number of aromatic nitrogens is 3. The molecule has 0 atom stereocenters. The second-order valence-corrected chi connectivity index (χ2v) is 7.68. The summed E-state index contributed by atoms with van der Waals surface area (Å²) >= 11 is 0. The van der Waals surface area contributed by atoms with Gasteiger partial charge >= 0.3 is 5.91 Å². The molecule has 8 heteroatoms. The SMILES string of the molecule is CCn1c(O)c(N=NC(=O)c2nn(C(C)C)c(=O)c3ccccc23)c2cc(C)ccc21. The minimum atomic E-state index is -0.685. The molecule has 4 aromatic rings. The van der Waals surface area contributed by atoms with Crippen molar-refractivity contribution in [3.05, 3.63) is 64.1 Å². The summed E-state index contributed by atoms with van der Waals surface area (Å²) in [4.78, 5) is 25.7. The topological polar surface area (TPSA) is 102 Å². The van der Waals surface area contributed by atoms with Crippen molar-refractivity contribution in [1.29, 1.82) is 0 Å². The Bertz CT molecular complexity index is 1410. The van der Waals surface area contributed by atoms with Gasteiger partial charge in [-0.1, -0.05) is 29.8 Å². The molecular formula is C23H23N5O3. The first-order valence-corrected chi connectivity index (χ1v) is 10.1. The van der Waals surface area contributed by atoms with Gasteiger partial charge in [0.05, 0.1) is 16.9 Å². The van der Waals surface area contributed by atoms with Crippen LogP contribution in [0.1, 0.15) is 42.9 Å². The molecule has 2 aromatic heterocycles. The number of carbonyl (C=O) groups excluding carboxylic acids is 1. The molecule has 0 saturated carbocycles. The van der Waals surface area contributed by atoms with E-state index in [2.05, 4.69) is 15.3 Å². The number of aryl methyl sites for hydroxylation is 2. The minimum Gasteiger partial charge on any atom is -0.493 e. The van der Waals surface area contributed by atoms with Crippen molar-refractivity contribution >= 4 is 33.3 Å². The maximum Gasteiger partial charge on any atom is 0.316 e. The van der Waals surface area contributed by atoms with E-state index in [1.165, 1.54) is 4.68 Å². The van der Waals surface area contributed by atoms with E-state index in [-0.39, 0.29) is 28.9 Å². The van der Waals surface area contributed by atoms with Crippen molar-refractivity contribution in [2.45, 2.75) is 40.3 Å². The van der Waals surface area contributed by atoms with Gasteiger partial charge < -0.3 is 9.67 Å². The van der Waals surface area contributed by atoms with Crippen LogP contribution in [0.4, 0.5) is 5.69 Å². The van der Waals surface area contributed by atoms with Gasteiger partial charge in [0, 0.05) is 17.3 Å². The number of amides is 1. The maximum atomic E-state index is 13.0. The second-order valence-electron chi connectivity index (χ2n) is 7.68. The van der Waals surface area contributed by atoms with Crippen LogP contribution in [0.2, 0.25) is 0 Å². The van der Waals surface area contributed by atoms with Crippen LogP contribution in [0.5, 0.6) is 5.88 Å². The Balaban J connectivity index is 1.86. The van der Waals surface area contributed by atoms with E-state index >= 15 is 0 Å². The summed E-state index contributed by atoms with van der Waals surface area (Å²) in [5.41, 5.74) is 1.82. The molecule has 2 heterocycles. The first kappa shape index (κ1) is 20.5. The number of nitrogens with zero attached hydrogens (tertiary/aromatic N) is 5. The molecular weight excluding hydrogens is 394 g/mol. The maximum absolute atomic E-state index is 13.0. The lowest BCUT2D eigenvalue weighted by molar-refractivity contribution is 0.0989. The van der Waals surface area contributed by atoms with Crippen molar-refractivity contribution < 1.29 is 9.90 Å². The zero-order valence-corrected chi connectivity index (χ0v) is 17.8. The first-order chi connectivity index (χ1) is 14.8. The Kier molecular flexibility index (Phi) is 5.14. The summed E-state index contributed by atoms with van der Waals surface area (Å²) in [6.45, 7) is 8.03. The van der Waals surface area contributed by atoms with Gasteiger partial charge in [0.2, 0.25) is 5.88 Å². The number of aromatic hydroxyl groups is 1. The van der Waals surface area contributed by atoms with Gasteiger partial charge in [0.15, 0.2) is 11.4 Å². The van der Waals surface area contributed by atoms with Crippen LogP contribution in [0.3, 0.4) is 0 Å². The van der Waals surface area contributed by atoms with Gasteiger partial charge in [-0.05, 0) is 45.9 Å². The third kappa shape index (κ3) is 3.39. The molecule has 0 bridgehead atoms. The van der Waals surface area contributed by atoms with E-state index in [0.717, 1.165) is 11.1 Å². The molecule has 4 rings (SSSR count). The van der Waals surface area contributed by atoms with Crippen LogP contribution in [0.15, 0.2) is 57.5 Å². The first-order valence-electron chi connectivity index (χ1n) is 10.1. The molecule has 0 fully saturated rings. The van der Waals surface area contributed by atoms with Gasteiger partial charge in [-0.25, -0.2) is 4.68 Å². The number of fused-ring (bicyclic) bond motifs is 2. The number of carbonyl (C=O) groups is 1. The van der Waals surface area contributed by atoms with Gasteiger partial charge in [-0.3, -0.25) is 9.59 Å². The van der Waals surface area contributed by atoms with Crippen LogP contribution >= 0.6 is 0 Å². The van der Waals surface area contributed by atoms with Gasteiger partial charge in [-0.15, -0.1) is 10.2 Å². The molecule has 2 aromatic carbocycles. The zero-order valence-electron chi connectivity index (χ0n) is 17.8. The smallest absolute Gasteiger partial charge is 0.316 e. The lowest BCUT2D eigenvalue weighted by Crippen LogP contribution is -2.27. The average molecular weight is 417 g/mol. The van der Waals surface area contributed by atoms with Gasteiger partial charge in [0.25, 0.3) is 5.56 Å². The Morgan fingerprint density at radius 2 is 1.84 bits per heavy atom. The van der Waals surface area contributed by atoms with E-state index in [1.807, 2.05) is 45.9 Å². The van der Waals surface area contributed by atoms with E-state index in [9.17, 15) is 14.7 Å².